The smallest absolute Gasteiger partial charge is 0.00726 e. The first-order valence-corrected chi connectivity index (χ1v) is 8.18. The Labute approximate surface area is 126 Å². The second kappa shape index (κ2) is 8.46. The third kappa shape index (κ3) is 7.69. The fourth-order valence-corrected chi connectivity index (χ4v) is 3.19. The summed E-state index contributed by atoms with van der Waals surface area (Å²) in [6.45, 7) is 12.7. The zero-order valence-electron chi connectivity index (χ0n) is 14.1. The first kappa shape index (κ1) is 17.2. The first-order valence-electron chi connectivity index (χ1n) is 8.18. The van der Waals surface area contributed by atoms with Crippen LogP contribution in [0, 0.1) is 11.3 Å². The molecule has 0 spiro atoms. The number of benzene rings is 1. The summed E-state index contributed by atoms with van der Waals surface area (Å²) < 4.78 is 0. The molecule has 0 aromatic heterocycles. The molecule has 0 aliphatic carbocycles. The minimum absolute atomic E-state index is 0.440. The Hall–Kier alpha value is -0.820. The molecule has 0 fully saturated rings. The van der Waals surface area contributed by atoms with Gasteiger partial charge in [-0.05, 0) is 49.1 Å². The predicted octanol–water partition coefficient (Wildman–Crippen LogP) is 5.06. The van der Waals surface area contributed by atoms with Gasteiger partial charge in [0.05, 0.1) is 0 Å². The molecule has 1 heteroatoms. The normalized spacial score (nSPS) is 15.1. The summed E-state index contributed by atoms with van der Waals surface area (Å²) in [4.78, 5) is 0. The Balaban J connectivity index is 2.43. The van der Waals surface area contributed by atoms with Crippen LogP contribution in [-0.4, -0.2) is 12.6 Å². The molecule has 20 heavy (non-hydrogen) atoms. The fourth-order valence-electron chi connectivity index (χ4n) is 3.19. The molecule has 1 aromatic rings. The number of nitrogens with one attached hydrogen (secondary N) is 1. The van der Waals surface area contributed by atoms with Crippen LogP contribution in [-0.2, 0) is 6.42 Å². The van der Waals surface area contributed by atoms with Crippen LogP contribution >= 0.6 is 0 Å². The van der Waals surface area contributed by atoms with Gasteiger partial charge in [0.15, 0.2) is 0 Å². The molecule has 0 aliphatic heterocycles. The van der Waals surface area contributed by atoms with Gasteiger partial charge in [0.25, 0.3) is 0 Å². The van der Waals surface area contributed by atoms with Crippen molar-refractivity contribution in [3.63, 3.8) is 0 Å². The monoisotopic (exact) mass is 275 g/mol. The standard InChI is InChI=1S/C19H33N/c1-6-20-18(14-16(2)15-19(3,4)5)13-12-17-10-8-7-9-11-17/h7-11,16,18,20H,6,12-15H2,1-5H3. The summed E-state index contributed by atoms with van der Waals surface area (Å²) in [5, 5.41) is 3.67. The number of hydrogen-bond donors (Lipinski definition) is 1. The van der Waals surface area contributed by atoms with Crippen LogP contribution in [0.1, 0.15) is 59.4 Å². The van der Waals surface area contributed by atoms with Crippen LogP contribution in [0.4, 0.5) is 0 Å². The van der Waals surface area contributed by atoms with Gasteiger partial charge in [0, 0.05) is 6.04 Å². The van der Waals surface area contributed by atoms with Gasteiger partial charge in [-0.1, -0.05) is 65.0 Å². The predicted molar refractivity (Wildman–Crippen MR) is 90.1 cm³/mol. The lowest BCUT2D eigenvalue weighted by Gasteiger charge is -2.27. The van der Waals surface area contributed by atoms with Crippen molar-refractivity contribution in [1.29, 1.82) is 0 Å². The van der Waals surface area contributed by atoms with E-state index in [1.807, 2.05) is 0 Å². The van der Waals surface area contributed by atoms with E-state index in [2.05, 4.69) is 70.3 Å². The SMILES string of the molecule is CCNC(CCc1ccccc1)CC(C)CC(C)(C)C. The van der Waals surface area contributed by atoms with Crippen molar-refractivity contribution >= 4 is 0 Å². The largest absolute Gasteiger partial charge is 0.314 e. The van der Waals surface area contributed by atoms with Crippen LogP contribution in [0.5, 0.6) is 0 Å². The Morgan fingerprint density at radius 1 is 1.10 bits per heavy atom. The average Bonchev–Trinajstić information content (AvgIpc) is 2.35. The molecule has 1 rings (SSSR count). The molecule has 2 unspecified atom stereocenters. The summed E-state index contributed by atoms with van der Waals surface area (Å²) in [5.74, 6) is 0.787. The fraction of sp³-hybridized carbons (Fsp3) is 0.684. The highest BCUT2D eigenvalue weighted by atomic mass is 14.9. The summed E-state index contributed by atoms with van der Waals surface area (Å²) in [6, 6.07) is 11.5. The third-order valence-corrected chi connectivity index (χ3v) is 3.76. The molecule has 114 valence electrons. The minimum Gasteiger partial charge on any atom is -0.314 e. The van der Waals surface area contributed by atoms with Crippen LogP contribution in [0.25, 0.3) is 0 Å². The van der Waals surface area contributed by atoms with Crippen molar-refractivity contribution in [3.8, 4) is 0 Å². The molecule has 0 aliphatic rings. The lowest BCUT2D eigenvalue weighted by Crippen LogP contribution is -2.32. The lowest BCUT2D eigenvalue weighted by molar-refractivity contribution is 0.271. The van der Waals surface area contributed by atoms with Crippen LogP contribution in [0.3, 0.4) is 0 Å². The van der Waals surface area contributed by atoms with Crippen molar-refractivity contribution in [2.75, 3.05) is 6.54 Å². The average molecular weight is 275 g/mol. The second-order valence-electron chi connectivity index (χ2n) is 7.38. The van der Waals surface area contributed by atoms with E-state index in [0.717, 1.165) is 12.5 Å². The minimum atomic E-state index is 0.440. The third-order valence-electron chi connectivity index (χ3n) is 3.76. The zero-order valence-corrected chi connectivity index (χ0v) is 14.1. The van der Waals surface area contributed by atoms with E-state index < -0.39 is 0 Å². The maximum atomic E-state index is 3.67. The summed E-state index contributed by atoms with van der Waals surface area (Å²) in [7, 11) is 0. The van der Waals surface area contributed by atoms with E-state index in [0.29, 0.717) is 11.5 Å². The van der Waals surface area contributed by atoms with E-state index in [1.54, 1.807) is 0 Å². The van der Waals surface area contributed by atoms with Gasteiger partial charge in [-0.25, -0.2) is 0 Å². The molecular weight excluding hydrogens is 242 g/mol. The van der Waals surface area contributed by atoms with Gasteiger partial charge >= 0.3 is 0 Å². The zero-order chi connectivity index (χ0) is 15.0. The molecular formula is C19H33N. The van der Waals surface area contributed by atoms with Gasteiger partial charge < -0.3 is 5.32 Å². The molecule has 0 bridgehead atoms. The van der Waals surface area contributed by atoms with Crippen molar-refractivity contribution < 1.29 is 0 Å². The highest BCUT2D eigenvalue weighted by Gasteiger charge is 2.18. The van der Waals surface area contributed by atoms with Crippen molar-refractivity contribution in [1.82, 2.24) is 5.32 Å². The van der Waals surface area contributed by atoms with Crippen molar-refractivity contribution in [2.45, 2.75) is 66.3 Å². The Morgan fingerprint density at radius 2 is 1.75 bits per heavy atom. The van der Waals surface area contributed by atoms with E-state index in [1.165, 1.54) is 31.2 Å². The number of hydrogen-bond acceptors (Lipinski definition) is 1. The molecule has 1 nitrogen and oxygen atoms in total. The Kier molecular flexibility index (Phi) is 7.29. The molecule has 0 amide bonds. The lowest BCUT2D eigenvalue weighted by atomic mass is 9.82. The second-order valence-corrected chi connectivity index (χ2v) is 7.38. The van der Waals surface area contributed by atoms with Gasteiger partial charge in [-0.15, -0.1) is 0 Å². The van der Waals surface area contributed by atoms with E-state index >= 15 is 0 Å². The quantitative estimate of drug-likeness (QED) is 0.699. The summed E-state index contributed by atoms with van der Waals surface area (Å²) in [6.07, 6.45) is 5.02. The summed E-state index contributed by atoms with van der Waals surface area (Å²) >= 11 is 0. The van der Waals surface area contributed by atoms with Gasteiger partial charge in [0.2, 0.25) is 0 Å². The highest BCUT2D eigenvalue weighted by Crippen LogP contribution is 2.27. The topological polar surface area (TPSA) is 12.0 Å². The van der Waals surface area contributed by atoms with Crippen LogP contribution in [0.2, 0.25) is 0 Å². The maximum Gasteiger partial charge on any atom is 0.00726 e. The van der Waals surface area contributed by atoms with Gasteiger partial charge in [-0.3, -0.25) is 0 Å². The molecule has 2 atom stereocenters. The maximum absolute atomic E-state index is 3.67. The van der Waals surface area contributed by atoms with Gasteiger partial charge in [-0.2, -0.15) is 0 Å². The Bertz CT molecular complexity index is 350. The van der Waals surface area contributed by atoms with E-state index in [9.17, 15) is 0 Å². The van der Waals surface area contributed by atoms with Crippen LogP contribution < -0.4 is 5.32 Å². The van der Waals surface area contributed by atoms with E-state index in [-0.39, 0.29) is 0 Å². The van der Waals surface area contributed by atoms with Gasteiger partial charge in [0.1, 0.15) is 0 Å². The summed E-state index contributed by atoms with van der Waals surface area (Å²) in [5.41, 5.74) is 1.90. The first-order chi connectivity index (χ1) is 9.40. The molecule has 0 saturated heterocycles. The Morgan fingerprint density at radius 3 is 2.30 bits per heavy atom. The number of rotatable bonds is 8. The van der Waals surface area contributed by atoms with Crippen molar-refractivity contribution in [2.24, 2.45) is 11.3 Å². The highest BCUT2D eigenvalue weighted by molar-refractivity contribution is 5.14. The molecule has 0 radical (unpaired) electrons. The molecule has 0 saturated carbocycles. The molecule has 0 heterocycles. The molecule has 1 N–H and O–H groups in total. The molecule has 1 aromatic carbocycles. The number of aryl methyl sites for hydroxylation is 1. The van der Waals surface area contributed by atoms with Crippen molar-refractivity contribution in [3.05, 3.63) is 35.9 Å². The van der Waals surface area contributed by atoms with Crippen LogP contribution in [0.15, 0.2) is 30.3 Å². The van der Waals surface area contributed by atoms with E-state index in [4.69, 9.17) is 0 Å².